The predicted molar refractivity (Wildman–Crippen MR) is 95.7 cm³/mol. The average Bonchev–Trinajstić information content (AvgIpc) is 2.51. The van der Waals surface area contributed by atoms with Crippen molar-refractivity contribution in [2.24, 2.45) is 0 Å². The molecule has 0 aliphatic rings. The molecule has 0 bridgehead atoms. The van der Waals surface area contributed by atoms with E-state index in [0.29, 0.717) is 20.8 Å². The highest BCUT2D eigenvalue weighted by Gasteiger charge is 2.24. The minimum absolute atomic E-state index is 0.0371. The van der Waals surface area contributed by atoms with Gasteiger partial charge in [0.05, 0.1) is 11.6 Å². The topological polar surface area (TPSA) is 69.7 Å². The minimum Gasteiger partial charge on any atom is -0.493 e. The normalized spacial score (nSPS) is 11.1. The summed E-state index contributed by atoms with van der Waals surface area (Å²) in [6.07, 6.45) is 0.621. The summed E-state index contributed by atoms with van der Waals surface area (Å²) in [5, 5.41) is 0. The molecule has 0 fully saturated rings. The number of carbonyl (C=O) groups excluding carboxylic acids is 1. The van der Waals surface area contributed by atoms with Gasteiger partial charge in [0, 0.05) is 14.5 Å². The van der Waals surface area contributed by atoms with Gasteiger partial charge >= 0.3 is 10.1 Å². The molecule has 0 spiro atoms. The first-order valence-electron chi connectivity index (χ1n) is 6.00. The molecule has 5 nitrogen and oxygen atoms in total. The molecule has 0 aliphatic carbocycles. The van der Waals surface area contributed by atoms with Crippen molar-refractivity contribution >= 4 is 64.2 Å². The molecule has 0 atom stereocenters. The number of carbonyl (C=O) groups is 1. The van der Waals surface area contributed by atoms with Gasteiger partial charge in [0.1, 0.15) is 11.2 Å². The summed E-state index contributed by atoms with van der Waals surface area (Å²) in [7, 11) is -2.76. The lowest BCUT2D eigenvalue weighted by molar-refractivity contribution is 0.112. The third-order valence-corrected chi connectivity index (χ3v) is 6.04. The summed E-state index contributed by atoms with van der Waals surface area (Å²) < 4.78 is 36.6. The molecule has 2 aromatic rings. The maximum atomic E-state index is 12.5. The zero-order chi connectivity index (χ0) is 17.2. The van der Waals surface area contributed by atoms with Gasteiger partial charge in [0.2, 0.25) is 0 Å². The number of ether oxygens (including phenoxy) is 1. The first kappa shape index (κ1) is 18.4. The highest BCUT2D eigenvalue weighted by Crippen LogP contribution is 2.39. The number of hydrogen-bond acceptors (Lipinski definition) is 5. The van der Waals surface area contributed by atoms with Crippen molar-refractivity contribution in [2.75, 3.05) is 7.11 Å². The second kappa shape index (κ2) is 7.33. The molecule has 0 radical (unpaired) electrons. The Balaban J connectivity index is 2.53. The predicted octanol–water partition coefficient (Wildman–Crippen LogP) is 4.56. The maximum Gasteiger partial charge on any atom is 0.340 e. The molecule has 2 rings (SSSR count). The van der Waals surface area contributed by atoms with Gasteiger partial charge in [-0.1, -0.05) is 15.9 Å². The van der Waals surface area contributed by atoms with Crippen molar-refractivity contribution in [3.8, 4) is 11.5 Å². The first-order valence-corrected chi connectivity index (χ1v) is 9.79. The molecule has 0 amide bonds. The molecule has 0 aromatic heterocycles. The zero-order valence-electron chi connectivity index (χ0n) is 11.5. The molecule has 0 heterocycles. The van der Waals surface area contributed by atoms with Gasteiger partial charge in [-0.3, -0.25) is 4.79 Å². The molecule has 9 heteroatoms. The van der Waals surface area contributed by atoms with Crippen LogP contribution in [0.5, 0.6) is 11.5 Å². The minimum atomic E-state index is -4.12. The molecule has 2 aromatic carbocycles. The van der Waals surface area contributed by atoms with E-state index in [0.717, 1.165) is 0 Å². The van der Waals surface area contributed by atoms with Crippen LogP contribution in [0, 0.1) is 0 Å². The van der Waals surface area contributed by atoms with Crippen molar-refractivity contribution < 1.29 is 22.1 Å². The van der Waals surface area contributed by atoms with E-state index in [9.17, 15) is 13.2 Å². The Morgan fingerprint density at radius 3 is 2.35 bits per heavy atom. The Morgan fingerprint density at radius 2 is 1.74 bits per heavy atom. The second-order valence-corrected chi connectivity index (χ2v) is 8.40. The van der Waals surface area contributed by atoms with Crippen molar-refractivity contribution in [1.82, 2.24) is 0 Å². The van der Waals surface area contributed by atoms with Crippen molar-refractivity contribution in [1.29, 1.82) is 0 Å². The molecule has 0 saturated carbocycles. The van der Waals surface area contributed by atoms with Crippen molar-refractivity contribution in [3.05, 3.63) is 49.3 Å². The maximum absolute atomic E-state index is 12.5. The van der Waals surface area contributed by atoms with Crippen LogP contribution < -0.4 is 8.92 Å². The van der Waals surface area contributed by atoms with E-state index in [4.69, 9.17) is 8.92 Å². The van der Waals surface area contributed by atoms with E-state index in [1.807, 2.05) is 0 Å². The van der Waals surface area contributed by atoms with Crippen LogP contribution in [0.3, 0.4) is 0 Å². The summed E-state index contributed by atoms with van der Waals surface area (Å²) in [6.45, 7) is 0. The fourth-order valence-corrected chi connectivity index (χ4v) is 4.77. The van der Waals surface area contributed by atoms with Gasteiger partial charge in [0.15, 0.2) is 11.5 Å². The number of halogens is 3. The van der Waals surface area contributed by atoms with Crippen LogP contribution in [0.4, 0.5) is 0 Å². The summed E-state index contributed by atoms with van der Waals surface area (Å²) in [4.78, 5) is 10.8. The lowest BCUT2D eigenvalue weighted by Crippen LogP contribution is -2.12. The van der Waals surface area contributed by atoms with Crippen LogP contribution in [-0.2, 0) is 10.1 Å². The number of aldehydes is 1. The fourth-order valence-electron chi connectivity index (χ4n) is 1.71. The highest BCUT2D eigenvalue weighted by atomic mass is 79.9. The number of rotatable bonds is 5. The Kier molecular flexibility index (Phi) is 5.88. The molecule has 23 heavy (non-hydrogen) atoms. The molecule has 0 unspecified atom stereocenters. The van der Waals surface area contributed by atoms with Crippen LogP contribution >= 0.6 is 47.8 Å². The Morgan fingerprint density at radius 1 is 1.04 bits per heavy atom. The highest BCUT2D eigenvalue weighted by molar-refractivity contribution is 9.11. The Bertz CT molecular complexity index is 865. The van der Waals surface area contributed by atoms with E-state index < -0.39 is 10.1 Å². The molecule has 0 saturated heterocycles. The van der Waals surface area contributed by atoms with Crippen LogP contribution in [0.1, 0.15) is 10.4 Å². The zero-order valence-corrected chi connectivity index (χ0v) is 17.1. The second-order valence-electron chi connectivity index (χ2n) is 4.26. The lowest BCUT2D eigenvalue weighted by Gasteiger charge is -2.14. The first-order chi connectivity index (χ1) is 10.8. The summed E-state index contributed by atoms with van der Waals surface area (Å²) >= 11 is 9.60. The lowest BCUT2D eigenvalue weighted by atomic mass is 10.2. The number of methoxy groups -OCH3 is 1. The number of benzene rings is 2. The van der Waals surface area contributed by atoms with Gasteiger partial charge in [-0.15, -0.1) is 0 Å². The molecular weight excluding hydrogens is 520 g/mol. The van der Waals surface area contributed by atoms with Crippen LogP contribution in [0.15, 0.2) is 48.6 Å². The van der Waals surface area contributed by atoms with Gasteiger partial charge in [0.25, 0.3) is 0 Å². The summed E-state index contributed by atoms with van der Waals surface area (Å²) in [5.41, 5.74) is 0.321. The van der Waals surface area contributed by atoms with E-state index in [1.54, 1.807) is 12.1 Å². The van der Waals surface area contributed by atoms with Crippen LogP contribution in [0.2, 0.25) is 0 Å². The molecule has 0 aliphatic heterocycles. The molecular formula is C14H9Br3O5S. The summed E-state index contributed by atoms with van der Waals surface area (Å²) in [5.74, 6) is 0.0844. The van der Waals surface area contributed by atoms with Gasteiger partial charge < -0.3 is 8.92 Å². The van der Waals surface area contributed by atoms with Crippen molar-refractivity contribution in [3.63, 3.8) is 0 Å². The fraction of sp³-hybridized carbons (Fsp3) is 0.0714. The van der Waals surface area contributed by atoms with E-state index in [-0.39, 0.29) is 20.9 Å². The molecule has 0 N–H and O–H groups in total. The quantitative estimate of drug-likeness (QED) is 0.420. The van der Waals surface area contributed by atoms with E-state index in [1.165, 1.54) is 25.3 Å². The van der Waals surface area contributed by atoms with Crippen molar-refractivity contribution in [2.45, 2.75) is 4.90 Å². The largest absolute Gasteiger partial charge is 0.493 e. The van der Waals surface area contributed by atoms with Gasteiger partial charge in [-0.2, -0.15) is 8.42 Å². The third kappa shape index (κ3) is 4.14. The Hall–Kier alpha value is -0.900. The van der Waals surface area contributed by atoms with Gasteiger partial charge in [-0.25, -0.2) is 0 Å². The van der Waals surface area contributed by atoms with E-state index >= 15 is 0 Å². The third-order valence-electron chi connectivity index (χ3n) is 2.74. The molecule has 122 valence electrons. The van der Waals surface area contributed by atoms with E-state index in [2.05, 4.69) is 47.8 Å². The standard InChI is InChI=1S/C14H9Br3O5S/c1-21-12-5-8(7-18)4-11(17)14(12)22-23(19,20)13-6-9(15)2-3-10(13)16/h2-7H,1H3. The van der Waals surface area contributed by atoms with Gasteiger partial charge in [-0.05, 0) is 62.2 Å². The Labute approximate surface area is 158 Å². The smallest absolute Gasteiger partial charge is 0.340 e. The number of hydrogen-bond donors (Lipinski definition) is 0. The van der Waals surface area contributed by atoms with Crippen LogP contribution in [0.25, 0.3) is 0 Å². The SMILES string of the molecule is COc1cc(C=O)cc(Br)c1OS(=O)(=O)c1cc(Br)ccc1Br. The van der Waals surface area contributed by atoms with Crippen LogP contribution in [-0.4, -0.2) is 21.8 Å². The summed E-state index contributed by atoms with van der Waals surface area (Å²) in [6, 6.07) is 7.52. The monoisotopic (exact) mass is 526 g/mol. The average molecular weight is 529 g/mol.